The van der Waals surface area contributed by atoms with Crippen molar-refractivity contribution in [3.05, 3.63) is 48.0 Å². The van der Waals surface area contributed by atoms with Crippen LogP contribution in [-0.4, -0.2) is 69.0 Å². The number of fused-ring (bicyclic) bond motifs is 1. The molecule has 208 valence electrons. The zero-order valence-corrected chi connectivity index (χ0v) is 25.0. The highest BCUT2D eigenvalue weighted by molar-refractivity contribution is 8.03. The van der Waals surface area contributed by atoms with E-state index in [2.05, 4.69) is 64.9 Å². The number of likely N-dealkylation sites (tertiary alicyclic amines) is 1. The number of piperidine rings is 1. The second-order valence-electron chi connectivity index (χ2n) is 9.82. The summed E-state index contributed by atoms with van der Waals surface area (Å²) >= 11 is 1.48. The van der Waals surface area contributed by atoms with Crippen LogP contribution in [0.2, 0.25) is 0 Å². The van der Waals surface area contributed by atoms with Crippen LogP contribution in [0.3, 0.4) is 0 Å². The van der Waals surface area contributed by atoms with E-state index >= 15 is 0 Å². The minimum Gasteiger partial charge on any atom is -0.350 e. The molecule has 1 heterocycles. The maximum Gasteiger partial charge on any atom is 0.239 e. The maximum absolute atomic E-state index is 12.4. The minimum absolute atomic E-state index is 0.00544. The Labute approximate surface area is 228 Å². The fraction of sp³-hybridized carbons (Fsp3) is 0.571. The smallest absolute Gasteiger partial charge is 0.239 e. The van der Waals surface area contributed by atoms with E-state index in [9.17, 15) is 9.59 Å². The van der Waals surface area contributed by atoms with Gasteiger partial charge in [0, 0.05) is 17.8 Å². The number of hydrogen-bond acceptors (Lipinski definition) is 6. The van der Waals surface area contributed by atoms with Gasteiger partial charge in [-0.25, -0.2) is 0 Å². The molecule has 2 aromatic carbocycles. The molecule has 0 bridgehead atoms. The van der Waals surface area contributed by atoms with Gasteiger partial charge in [-0.2, -0.15) is 11.8 Å². The van der Waals surface area contributed by atoms with Gasteiger partial charge in [0.2, 0.25) is 11.8 Å². The first-order valence-corrected chi connectivity index (χ1v) is 15.6. The van der Waals surface area contributed by atoms with Crippen molar-refractivity contribution in [3.8, 4) is 0 Å². The number of benzene rings is 2. The highest BCUT2D eigenvalue weighted by atomic mass is 32.2. The molecule has 4 N–H and O–H groups in total. The summed E-state index contributed by atoms with van der Waals surface area (Å²) in [4.78, 5) is 44.2. The van der Waals surface area contributed by atoms with Crippen molar-refractivity contribution in [1.82, 2.24) is 15.5 Å². The third-order valence-corrected chi connectivity index (χ3v) is 7.61. The second kappa shape index (κ2) is 17.7. The minimum atomic E-state index is -1.86. The van der Waals surface area contributed by atoms with Crippen LogP contribution in [-0.2, 0) is 9.59 Å². The van der Waals surface area contributed by atoms with Crippen molar-refractivity contribution in [2.75, 3.05) is 30.9 Å². The van der Waals surface area contributed by atoms with Crippen molar-refractivity contribution >= 4 is 42.7 Å². The topological polar surface area (TPSA) is 102 Å². The van der Waals surface area contributed by atoms with E-state index in [1.807, 2.05) is 34.6 Å². The van der Waals surface area contributed by atoms with Gasteiger partial charge in [0.15, 0.2) is 8.38 Å². The van der Waals surface area contributed by atoms with Crippen LogP contribution in [0.1, 0.15) is 59.4 Å². The van der Waals surface area contributed by atoms with Gasteiger partial charge >= 0.3 is 0 Å². The van der Waals surface area contributed by atoms with E-state index in [-0.39, 0.29) is 29.9 Å². The van der Waals surface area contributed by atoms with Gasteiger partial charge in [0.1, 0.15) is 0 Å². The lowest BCUT2D eigenvalue weighted by molar-refractivity contribution is -0.130. The standard InChI is InChI=1S/C15H30N3O4PS.C11H10.C2H6/c1-15(2,3)17-13(19)10-16-14(20)12-6-4-5-7-18(12)8-9-24-11-23(21)22;1-9-6-7-10-4-2-3-5-11(10)8-9;1-2/h12,21-22H,4-11H2,1-3H3,(H,16,20)(H,17,19);2-8H,1H3;1-2H3. The number of rotatable bonds is 8. The number of thioether (sulfide) groups is 1. The summed E-state index contributed by atoms with van der Waals surface area (Å²) in [5.74, 6) is 0.470. The van der Waals surface area contributed by atoms with Crippen LogP contribution in [0, 0.1) is 6.92 Å². The number of aryl methyl sites for hydroxylation is 1. The number of hydrogen-bond donors (Lipinski definition) is 4. The summed E-state index contributed by atoms with van der Waals surface area (Å²) in [6, 6.07) is 14.7. The highest BCUT2D eigenvalue weighted by Gasteiger charge is 2.28. The molecular weight excluding hydrogens is 505 g/mol. The molecule has 1 aliphatic rings. The van der Waals surface area contributed by atoms with E-state index in [0.717, 1.165) is 38.1 Å². The molecule has 2 amide bonds. The molecule has 1 aliphatic heterocycles. The average Bonchev–Trinajstić information content (AvgIpc) is 2.86. The fourth-order valence-electron chi connectivity index (χ4n) is 3.94. The molecule has 3 rings (SSSR count). The Morgan fingerprint density at radius 1 is 1.08 bits per heavy atom. The van der Waals surface area contributed by atoms with E-state index in [4.69, 9.17) is 9.79 Å². The zero-order chi connectivity index (χ0) is 27.8. The van der Waals surface area contributed by atoms with Crippen molar-refractivity contribution in [2.45, 2.75) is 72.4 Å². The third-order valence-electron chi connectivity index (χ3n) is 5.49. The number of amides is 2. The lowest BCUT2D eigenvalue weighted by Gasteiger charge is -2.34. The van der Waals surface area contributed by atoms with Crippen LogP contribution < -0.4 is 10.6 Å². The Hall–Kier alpha value is -1.70. The normalized spacial score (nSPS) is 15.8. The molecule has 1 unspecified atom stereocenters. The molecule has 1 saturated heterocycles. The molecule has 2 aromatic rings. The number of nitrogens with zero attached hydrogens (tertiary/aromatic N) is 1. The molecule has 9 heteroatoms. The van der Waals surface area contributed by atoms with Crippen molar-refractivity contribution in [3.63, 3.8) is 0 Å². The van der Waals surface area contributed by atoms with Gasteiger partial charge in [-0.3, -0.25) is 14.5 Å². The maximum atomic E-state index is 12.4. The molecule has 0 aromatic heterocycles. The number of carbonyl (C=O) groups is 2. The first-order valence-electron chi connectivity index (χ1n) is 13.1. The molecule has 0 radical (unpaired) electrons. The predicted molar refractivity (Wildman–Crippen MR) is 159 cm³/mol. The molecule has 0 aliphatic carbocycles. The Bertz CT molecular complexity index is 952. The van der Waals surface area contributed by atoms with Crippen molar-refractivity contribution in [1.29, 1.82) is 0 Å². The third kappa shape index (κ3) is 14.1. The second-order valence-corrected chi connectivity index (χ2v) is 12.4. The largest absolute Gasteiger partial charge is 0.350 e. The van der Waals surface area contributed by atoms with Crippen LogP contribution in [0.4, 0.5) is 0 Å². The fourth-order valence-corrected chi connectivity index (χ4v) is 5.47. The molecule has 1 fully saturated rings. The van der Waals surface area contributed by atoms with Crippen LogP contribution in [0.25, 0.3) is 10.8 Å². The summed E-state index contributed by atoms with van der Waals surface area (Å²) in [5, 5.41) is 8.21. The van der Waals surface area contributed by atoms with Crippen LogP contribution in [0.5, 0.6) is 0 Å². The molecule has 7 nitrogen and oxygen atoms in total. The lowest BCUT2D eigenvalue weighted by atomic mass is 10.0. The highest BCUT2D eigenvalue weighted by Crippen LogP contribution is 2.29. The average molecular weight is 552 g/mol. The SMILES string of the molecule is CC.CC(C)(C)NC(=O)CNC(=O)C1CCCCN1CCSCP(O)O.Cc1ccc2ccccc2c1. The summed E-state index contributed by atoms with van der Waals surface area (Å²) in [5.41, 5.74) is 1.35. The quantitative estimate of drug-likeness (QED) is 0.271. The summed E-state index contributed by atoms with van der Waals surface area (Å²) in [6.45, 7) is 13.4. The van der Waals surface area contributed by atoms with Gasteiger partial charge in [0.05, 0.1) is 18.1 Å². The van der Waals surface area contributed by atoms with Crippen LogP contribution >= 0.6 is 20.1 Å². The van der Waals surface area contributed by atoms with Crippen LogP contribution in [0.15, 0.2) is 42.5 Å². The number of nitrogens with one attached hydrogen (secondary N) is 2. The van der Waals surface area contributed by atoms with Gasteiger partial charge in [0.25, 0.3) is 0 Å². The lowest BCUT2D eigenvalue weighted by Crippen LogP contribution is -2.52. The van der Waals surface area contributed by atoms with E-state index < -0.39 is 8.38 Å². The summed E-state index contributed by atoms with van der Waals surface area (Å²) in [6.07, 6.45) is 2.87. The zero-order valence-electron chi connectivity index (χ0n) is 23.3. The van der Waals surface area contributed by atoms with Gasteiger partial charge < -0.3 is 20.4 Å². The molecule has 0 spiro atoms. The Balaban J connectivity index is 0.000000432. The van der Waals surface area contributed by atoms with Crippen molar-refractivity contribution in [2.24, 2.45) is 0 Å². The van der Waals surface area contributed by atoms with E-state index in [0.29, 0.717) is 5.49 Å². The van der Waals surface area contributed by atoms with E-state index in [1.165, 1.54) is 28.1 Å². The van der Waals surface area contributed by atoms with Gasteiger partial charge in [-0.05, 0) is 57.9 Å². The molecule has 37 heavy (non-hydrogen) atoms. The summed E-state index contributed by atoms with van der Waals surface area (Å²) < 4.78 is 0. The molecular formula is C28H46N3O4PS. The summed E-state index contributed by atoms with van der Waals surface area (Å²) in [7, 11) is -1.86. The van der Waals surface area contributed by atoms with Gasteiger partial charge in [-0.1, -0.05) is 68.3 Å². The molecule has 1 atom stereocenters. The monoisotopic (exact) mass is 551 g/mol. The van der Waals surface area contributed by atoms with Crippen molar-refractivity contribution < 1.29 is 19.4 Å². The number of carbonyl (C=O) groups excluding carboxylic acids is 2. The Kier molecular flexibility index (Phi) is 16.0. The van der Waals surface area contributed by atoms with Gasteiger partial charge in [-0.15, -0.1) is 0 Å². The van der Waals surface area contributed by atoms with E-state index in [1.54, 1.807) is 0 Å². The predicted octanol–water partition coefficient (Wildman–Crippen LogP) is 5.03. The molecule has 0 saturated carbocycles. The first-order chi connectivity index (χ1) is 17.5. The Morgan fingerprint density at radius 2 is 1.76 bits per heavy atom. The Morgan fingerprint density at radius 3 is 2.41 bits per heavy atom. The first kappa shape index (κ1) is 33.3.